The van der Waals surface area contributed by atoms with E-state index in [4.69, 9.17) is 24.4 Å². The molecule has 0 aliphatic carbocycles. The summed E-state index contributed by atoms with van der Waals surface area (Å²) in [6, 6.07) is 0. The highest BCUT2D eigenvalue weighted by Gasteiger charge is 2.49. The van der Waals surface area contributed by atoms with Crippen molar-refractivity contribution in [2.24, 2.45) is 0 Å². The first-order valence-electron chi connectivity index (χ1n) is 7.08. The Hall–Kier alpha value is -0.440. The van der Waals surface area contributed by atoms with Crippen LogP contribution in [0.1, 0.15) is 0 Å². The van der Waals surface area contributed by atoms with Gasteiger partial charge in [0.2, 0.25) is 0 Å². The van der Waals surface area contributed by atoms with Crippen molar-refractivity contribution in [1.29, 1.82) is 0 Å². The number of hydrogen-bond acceptors (Lipinski definition) is 11. The molecule has 0 saturated carbocycles. The molecule has 0 unspecified atom stereocenters. The summed E-state index contributed by atoms with van der Waals surface area (Å²) in [4.78, 5) is 0. The van der Waals surface area contributed by atoms with Crippen LogP contribution in [0.3, 0.4) is 0 Å². The first-order chi connectivity index (χ1) is 10.8. The third-order valence-electron chi connectivity index (χ3n) is 3.97. The molecule has 2 rings (SSSR count). The molecule has 136 valence electrons. The molecule has 2 aliphatic rings. The molecule has 2 aliphatic heterocycles. The molecule has 2 fully saturated rings. The normalized spacial score (nSPS) is 51.7. The monoisotopic (exact) mass is 342 g/mol. The minimum absolute atomic E-state index is 0.667. The molecule has 23 heavy (non-hydrogen) atoms. The maximum Gasteiger partial charge on any atom is 0.189 e. The van der Waals surface area contributed by atoms with Crippen LogP contribution in [0.4, 0.5) is 0 Å². The molecule has 2 heterocycles. The smallest absolute Gasteiger partial charge is 0.189 e. The van der Waals surface area contributed by atoms with Gasteiger partial charge in [0.25, 0.3) is 0 Å². The van der Waals surface area contributed by atoms with Crippen LogP contribution in [0, 0.1) is 0 Å². The van der Waals surface area contributed by atoms with Gasteiger partial charge in [0.05, 0.1) is 13.2 Å². The van der Waals surface area contributed by atoms with Crippen LogP contribution >= 0.6 is 0 Å². The summed E-state index contributed by atoms with van der Waals surface area (Å²) in [6.07, 6.45) is -15.6. The lowest BCUT2D eigenvalue weighted by molar-refractivity contribution is -0.376. The molecule has 0 aromatic carbocycles. The van der Waals surface area contributed by atoms with Gasteiger partial charge in [-0.3, -0.25) is 0 Å². The van der Waals surface area contributed by atoms with E-state index in [0.29, 0.717) is 0 Å². The maximum atomic E-state index is 9.84. The predicted octanol–water partition coefficient (Wildman–Crippen LogP) is -5.40. The van der Waals surface area contributed by atoms with Crippen LogP contribution in [0.15, 0.2) is 0 Å². The van der Waals surface area contributed by atoms with Gasteiger partial charge < -0.3 is 55.1 Å². The Kier molecular flexibility index (Phi) is 6.27. The Bertz CT molecular complexity index is 344. The van der Waals surface area contributed by atoms with Crippen molar-refractivity contribution < 1.29 is 55.1 Å². The standard InChI is InChI=1S/C12H22O11/c13-1-3-5(15)7(17)9(19)11(21-3)23-12-10(20)8(18)6(16)4(2-14)22-12/h3-20H,1-2H2/t3-,4+,5-,6-,7+,8-,9-,10-,11-,12-/m1/s1. The van der Waals surface area contributed by atoms with Gasteiger partial charge in [0.15, 0.2) is 12.6 Å². The number of rotatable bonds is 4. The van der Waals surface area contributed by atoms with E-state index in [0.717, 1.165) is 0 Å². The topological polar surface area (TPSA) is 190 Å². The molecule has 0 radical (unpaired) electrons. The van der Waals surface area contributed by atoms with Crippen LogP contribution in [-0.2, 0) is 14.2 Å². The van der Waals surface area contributed by atoms with E-state index in [2.05, 4.69) is 0 Å². The van der Waals surface area contributed by atoms with Crippen molar-refractivity contribution in [3.05, 3.63) is 0 Å². The molecule has 11 heteroatoms. The van der Waals surface area contributed by atoms with E-state index in [9.17, 15) is 30.6 Å². The molecule has 0 aromatic heterocycles. The summed E-state index contributed by atoms with van der Waals surface area (Å²) in [5.74, 6) is 0. The second-order valence-electron chi connectivity index (χ2n) is 5.53. The summed E-state index contributed by atoms with van der Waals surface area (Å²) >= 11 is 0. The fourth-order valence-corrected chi connectivity index (χ4v) is 2.49. The van der Waals surface area contributed by atoms with Crippen molar-refractivity contribution >= 4 is 0 Å². The van der Waals surface area contributed by atoms with Gasteiger partial charge >= 0.3 is 0 Å². The molecular weight excluding hydrogens is 320 g/mol. The second kappa shape index (κ2) is 7.63. The molecule has 0 aromatic rings. The summed E-state index contributed by atoms with van der Waals surface area (Å²) in [6.45, 7) is -1.33. The molecule has 0 bridgehead atoms. The minimum Gasteiger partial charge on any atom is -0.394 e. The van der Waals surface area contributed by atoms with Crippen molar-refractivity contribution in [1.82, 2.24) is 0 Å². The average Bonchev–Trinajstić information content (AvgIpc) is 2.55. The van der Waals surface area contributed by atoms with Gasteiger partial charge in [-0.05, 0) is 0 Å². The van der Waals surface area contributed by atoms with Crippen LogP contribution in [0.5, 0.6) is 0 Å². The van der Waals surface area contributed by atoms with Crippen molar-refractivity contribution in [2.45, 2.75) is 61.4 Å². The van der Waals surface area contributed by atoms with Gasteiger partial charge in [-0.2, -0.15) is 0 Å². The molecule has 8 N–H and O–H groups in total. The van der Waals surface area contributed by atoms with Crippen LogP contribution in [0.2, 0.25) is 0 Å². The van der Waals surface area contributed by atoms with Crippen molar-refractivity contribution in [3.63, 3.8) is 0 Å². The lowest BCUT2D eigenvalue weighted by atomic mass is 9.98. The molecule has 10 atom stereocenters. The first-order valence-corrected chi connectivity index (χ1v) is 7.08. The van der Waals surface area contributed by atoms with E-state index in [1.807, 2.05) is 0 Å². The molecule has 0 amide bonds. The van der Waals surface area contributed by atoms with E-state index in [1.54, 1.807) is 0 Å². The van der Waals surface area contributed by atoms with E-state index < -0.39 is 74.6 Å². The highest BCUT2D eigenvalue weighted by atomic mass is 16.8. The first kappa shape index (κ1) is 18.9. The Morgan fingerprint density at radius 3 is 1.22 bits per heavy atom. The zero-order valence-corrected chi connectivity index (χ0v) is 12.0. The molecular formula is C12H22O11. The Labute approximate surface area is 130 Å². The molecule has 0 spiro atoms. The fraction of sp³-hybridized carbons (Fsp3) is 1.00. The number of aliphatic hydroxyl groups is 8. The quantitative estimate of drug-likeness (QED) is 0.243. The van der Waals surface area contributed by atoms with Gasteiger partial charge in [0, 0.05) is 0 Å². The molecule has 2 saturated heterocycles. The molecule has 11 nitrogen and oxygen atoms in total. The van der Waals surface area contributed by atoms with Crippen molar-refractivity contribution in [2.75, 3.05) is 13.2 Å². The Morgan fingerprint density at radius 2 is 0.913 bits per heavy atom. The SMILES string of the molecule is OC[C@@H]1O[C@H](O[C@H]2O[C@H](CO)[C@@H](O)[C@H](O)[C@H]2O)[C@H](O)[C@H](O)[C@@H]1O. The summed E-state index contributed by atoms with van der Waals surface area (Å²) in [7, 11) is 0. The lowest BCUT2D eigenvalue weighted by Crippen LogP contribution is -2.63. The fourth-order valence-electron chi connectivity index (χ4n) is 2.49. The zero-order chi connectivity index (χ0) is 17.3. The van der Waals surface area contributed by atoms with Gasteiger partial charge in [-0.1, -0.05) is 0 Å². The third kappa shape index (κ3) is 3.65. The van der Waals surface area contributed by atoms with Crippen LogP contribution in [0.25, 0.3) is 0 Å². The maximum absolute atomic E-state index is 9.84. The zero-order valence-electron chi connectivity index (χ0n) is 12.0. The van der Waals surface area contributed by atoms with Gasteiger partial charge in [-0.15, -0.1) is 0 Å². The van der Waals surface area contributed by atoms with Gasteiger partial charge in [0.1, 0.15) is 48.8 Å². The predicted molar refractivity (Wildman–Crippen MR) is 68.6 cm³/mol. The van der Waals surface area contributed by atoms with Crippen LogP contribution < -0.4 is 0 Å². The van der Waals surface area contributed by atoms with E-state index in [1.165, 1.54) is 0 Å². The highest BCUT2D eigenvalue weighted by molar-refractivity contribution is 4.92. The van der Waals surface area contributed by atoms with E-state index >= 15 is 0 Å². The highest BCUT2D eigenvalue weighted by Crippen LogP contribution is 2.27. The summed E-state index contributed by atoms with van der Waals surface area (Å²) in [5, 5.41) is 76.4. The van der Waals surface area contributed by atoms with Gasteiger partial charge in [-0.25, -0.2) is 0 Å². The average molecular weight is 342 g/mol. The lowest BCUT2D eigenvalue weighted by Gasteiger charge is -2.44. The van der Waals surface area contributed by atoms with Crippen LogP contribution in [-0.4, -0.2) is 115 Å². The Morgan fingerprint density at radius 1 is 0.565 bits per heavy atom. The largest absolute Gasteiger partial charge is 0.394 e. The number of aliphatic hydroxyl groups excluding tert-OH is 8. The summed E-state index contributed by atoms with van der Waals surface area (Å²) in [5.41, 5.74) is 0. The number of ether oxygens (including phenoxy) is 3. The second-order valence-corrected chi connectivity index (χ2v) is 5.53. The summed E-state index contributed by atoms with van der Waals surface area (Å²) < 4.78 is 15.3. The third-order valence-corrected chi connectivity index (χ3v) is 3.97. The number of hydrogen-bond donors (Lipinski definition) is 8. The van der Waals surface area contributed by atoms with E-state index in [-0.39, 0.29) is 0 Å². The minimum atomic E-state index is -1.72. The van der Waals surface area contributed by atoms with Crippen molar-refractivity contribution in [3.8, 4) is 0 Å². The Balaban J connectivity index is 2.07.